The van der Waals surface area contributed by atoms with Crippen molar-refractivity contribution in [3.8, 4) is 5.75 Å². The summed E-state index contributed by atoms with van der Waals surface area (Å²) in [5.41, 5.74) is 2.07. The molecule has 0 spiro atoms. The van der Waals surface area contributed by atoms with E-state index in [1.54, 1.807) is 0 Å². The van der Waals surface area contributed by atoms with Crippen LogP contribution in [-0.4, -0.2) is 39.1 Å². The first kappa shape index (κ1) is 15.6. The molecule has 122 valence electrons. The smallest absolute Gasteiger partial charge is 0.341 e. The minimum absolute atomic E-state index is 0.274. The monoisotopic (exact) mass is 315 g/mol. The summed E-state index contributed by atoms with van der Waals surface area (Å²) in [6.07, 6.45) is 4.06. The summed E-state index contributed by atoms with van der Waals surface area (Å²) < 4.78 is 5.40. The number of aromatic nitrogens is 2. The number of likely N-dealkylation sites (tertiary alicyclic amines) is 1. The van der Waals surface area contributed by atoms with Gasteiger partial charge in [-0.15, -0.1) is 0 Å². The third-order valence-electron chi connectivity index (χ3n) is 4.10. The van der Waals surface area contributed by atoms with Crippen molar-refractivity contribution < 1.29 is 14.6 Å². The lowest BCUT2D eigenvalue weighted by Gasteiger charge is -2.24. The third kappa shape index (κ3) is 3.71. The molecule has 1 aromatic heterocycles. The first-order chi connectivity index (χ1) is 11.1. The second-order valence-corrected chi connectivity index (χ2v) is 5.87. The number of carbonyl (C=O) groups is 1. The Morgan fingerprint density at radius 2 is 2.30 bits per heavy atom. The Hall–Kier alpha value is -2.34. The van der Waals surface area contributed by atoms with Crippen molar-refractivity contribution >= 4 is 5.97 Å². The number of hydrogen-bond donors (Lipinski definition) is 2. The number of nitrogens with zero attached hydrogens (tertiary/aromatic N) is 2. The molecule has 1 fully saturated rings. The largest absolute Gasteiger partial charge is 0.482 e. The molecule has 1 atom stereocenters. The zero-order valence-electron chi connectivity index (χ0n) is 13.2. The van der Waals surface area contributed by atoms with Crippen molar-refractivity contribution in [3.63, 3.8) is 0 Å². The van der Waals surface area contributed by atoms with Crippen LogP contribution in [0.25, 0.3) is 0 Å². The van der Waals surface area contributed by atoms with E-state index in [9.17, 15) is 4.79 Å². The molecule has 1 saturated heterocycles. The Balaban J connectivity index is 1.74. The fourth-order valence-electron chi connectivity index (χ4n) is 3.06. The minimum atomic E-state index is -0.968. The molecule has 2 N–H and O–H groups in total. The zero-order chi connectivity index (χ0) is 16.2. The number of benzene rings is 1. The molecule has 0 saturated carbocycles. The van der Waals surface area contributed by atoms with Crippen LogP contribution in [0.3, 0.4) is 0 Å². The standard InChI is InChI=1S/C17H21N3O3/c1-12-9-18-17(19-12)14-6-4-8-20(14)10-13-5-2-3-7-15(13)23-11-16(21)22/h2-3,5,7,9,14H,4,6,8,10-11H2,1H3,(H,18,19)(H,21,22). The number of aromatic amines is 1. The van der Waals surface area contributed by atoms with E-state index in [-0.39, 0.29) is 12.6 Å². The van der Waals surface area contributed by atoms with Crippen molar-refractivity contribution in [2.45, 2.75) is 32.4 Å². The van der Waals surface area contributed by atoms with Crippen molar-refractivity contribution in [2.75, 3.05) is 13.2 Å². The van der Waals surface area contributed by atoms with Crippen LogP contribution in [0.15, 0.2) is 30.5 Å². The summed E-state index contributed by atoms with van der Waals surface area (Å²) in [4.78, 5) is 20.9. The predicted octanol–water partition coefficient (Wildman–Crippen LogP) is 2.52. The molecule has 1 aromatic carbocycles. The SMILES string of the molecule is Cc1cnc(C2CCCN2Cc2ccccc2OCC(=O)O)[nH]1. The molecule has 2 heterocycles. The molecule has 6 heteroatoms. The van der Waals surface area contributed by atoms with Crippen LogP contribution >= 0.6 is 0 Å². The van der Waals surface area contributed by atoms with Gasteiger partial charge in [0, 0.05) is 24.0 Å². The number of H-pyrrole nitrogens is 1. The number of aryl methyl sites for hydroxylation is 1. The molecule has 1 unspecified atom stereocenters. The molecule has 3 rings (SSSR count). The molecule has 1 aliphatic rings. The Kier molecular flexibility index (Phi) is 4.62. The quantitative estimate of drug-likeness (QED) is 0.856. The maximum absolute atomic E-state index is 10.7. The van der Waals surface area contributed by atoms with Gasteiger partial charge in [-0.2, -0.15) is 0 Å². The number of aliphatic carboxylic acids is 1. The van der Waals surface area contributed by atoms with E-state index in [2.05, 4.69) is 14.9 Å². The van der Waals surface area contributed by atoms with Crippen LogP contribution in [0.1, 0.15) is 36.0 Å². The van der Waals surface area contributed by atoms with E-state index < -0.39 is 5.97 Å². The normalized spacial score (nSPS) is 18.2. The van der Waals surface area contributed by atoms with E-state index in [1.165, 1.54) is 0 Å². The summed E-state index contributed by atoms with van der Waals surface area (Å²) in [5, 5.41) is 8.80. The van der Waals surface area contributed by atoms with Gasteiger partial charge in [0.05, 0.1) is 6.04 Å². The fourth-order valence-corrected chi connectivity index (χ4v) is 3.06. The van der Waals surface area contributed by atoms with Gasteiger partial charge < -0.3 is 14.8 Å². The van der Waals surface area contributed by atoms with Gasteiger partial charge in [-0.1, -0.05) is 18.2 Å². The van der Waals surface area contributed by atoms with Crippen LogP contribution in [0.2, 0.25) is 0 Å². The average Bonchev–Trinajstić information content (AvgIpc) is 3.15. The second kappa shape index (κ2) is 6.83. The first-order valence-corrected chi connectivity index (χ1v) is 7.81. The summed E-state index contributed by atoms with van der Waals surface area (Å²) in [6.45, 7) is 3.40. The maximum atomic E-state index is 10.7. The molecule has 0 bridgehead atoms. The highest BCUT2D eigenvalue weighted by Gasteiger charge is 2.28. The Morgan fingerprint density at radius 1 is 1.48 bits per heavy atom. The molecule has 0 radical (unpaired) electrons. The van der Waals surface area contributed by atoms with Crippen LogP contribution in [0, 0.1) is 6.92 Å². The predicted molar refractivity (Wildman–Crippen MR) is 85.3 cm³/mol. The van der Waals surface area contributed by atoms with Crippen molar-refractivity contribution in [1.82, 2.24) is 14.9 Å². The fraction of sp³-hybridized carbons (Fsp3) is 0.412. The van der Waals surface area contributed by atoms with Crippen molar-refractivity contribution in [1.29, 1.82) is 0 Å². The number of hydrogen-bond acceptors (Lipinski definition) is 4. The zero-order valence-corrected chi connectivity index (χ0v) is 13.2. The number of carboxylic acids is 1. The van der Waals surface area contributed by atoms with Gasteiger partial charge in [0.1, 0.15) is 11.6 Å². The average molecular weight is 315 g/mol. The van der Waals surface area contributed by atoms with Crippen LogP contribution in [0.5, 0.6) is 5.75 Å². The van der Waals surface area contributed by atoms with Crippen LogP contribution < -0.4 is 4.74 Å². The van der Waals surface area contributed by atoms with Crippen molar-refractivity contribution in [2.24, 2.45) is 0 Å². The molecular weight excluding hydrogens is 294 g/mol. The summed E-state index contributed by atoms with van der Waals surface area (Å²) in [6, 6.07) is 7.89. The third-order valence-corrected chi connectivity index (χ3v) is 4.10. The van der Waals surface area contributed by atoms with E-state index in [0.717, 1.165) is 43.0 Å². The van der Waals surface area contributed by atoms with Crippen molar-refractivity contribution in [3.05, 3.63) is 47.5 Å². The molecule has 0 amide bonds. The first-order valence-electron chi connectivity index (χ1n) is 7.81. The minimum Gasteiger partial charge on any atom is -0.482 e. The van der Waals surface area contributed by atoms with Gasteiger partial charge in [-0.05, 0) is 32.4 Å². The lowest BCUT2D eigenvalue weighted by molar-refractivity contribution is -0.139. The number of carboxylic acid groups (broad SMARTS) is 1. The lowest BCUT2D eigenvalue weighted by Crippen LogP contribution is -2.24. The topological polar surface area (TPSA) is 78.5 Å². The maximum Gasteiger partial charge on any atom is 0.341 e. The highest BCUT2D eigenvalue weighted by atomic mass is 16.5. The van der Waals surface area contributed by atoms with E-state index >= 15 is 0 Å². The van der Waals surface area contributed by atoms with E-state index in [4.69, 9.17) is 9.84 Å². The summed E-state index contributed by atoms with van der Waals surface area (Å²) in [7, 11) is 0. The number of para-hydroxylation sites is 1. The van der Waals surface area contributed by atoms with E-state index in [1.807, 2.05) is 37.4 Å². The molecule has 1 aliphatic heterocycles. The molecule has 6 nitrogen and oxygen atoms in total. The Bertz CT molecular complexity index is 683. The number of ether oxygens (including phenoxy) is 1. The Labute approximate surface area is 135 Å². The van der Waals surface area contributed by atoms with Gasteiger partial charge in [-0.25, -0.2) is 9.78 Å². The van der Waals surface area contributed by atoms with Gasteiger partial charge in [0.15, 0.2) is 6.61 Å². The molecule has 0 aliphatic carbocycles. The van der Waals surface area contributed by atoms with E-state index in [0.29, 0.717) is 5.75 Å². The molecule has 2 aromatic rings. The summed E-state index contributed by atoms with van der Waals surface area (Å²) in [5.74, 6) is 0.671. The van der Waals surface area contributed by atoms with Gasteiger partial charge in [0.2, 0.25) is 0 Å². The number of rotatable bonds is 6. The van der Waals surface area contributed by atoms with Crippen LogP contribution in [0.4, 0.5) is 0 Å². The Morgan fingerprint density at radius 3 is 3.04 bits per heavy atom. The van der Waals surface area contributed by atoms with Gasteiger partial charge in [-0.3, -0.25) is 4.90 Å². The highest BCUT2D eigenvalue weighted by Crippen LogP contribution is 2.33. The molecular formula is C17H21N3O3. The molecule has 23 heavy (non-hydrogen) atoms. The van der Waals surface area contributed by atoms with Gasteiger partial charge in [0.25, 0.3) is 0 Å². The summed E-state index contributed by atoms with van der Waals surface area (Å²) >= 11 is 0. The number of nitrogens with one attached hydrogen (secondary N) is 1. The van der Waals surface area contributed by atoms with Crippen LogP contribution in [-0.2, 0) is 11.3 Å². The second-order valence-electron chi connectivity index (χ2n) is 5.87. The highest BCUT2D eigenvalue weighted by molar-refractivity contribution is 5.68. The number of imidazole rings is 1. The van der Waals surface area contributed by atoms with Gasteiger partial charge >= 0.3 is 5.97 Å². The lowest BCUT2D eigenvalue weighted by atomic mass is 10.1.